The largest absolute Gasteiger partial charge is 0.309 e. The third-order valence-corrected chi connectivity index (χ3v) is 4.55. The predicted octanol–water partition coefficient (Wildman–Crippen LogP) is 3.05. The molecule has 0 fully saturated rings. The van der Waals surface area contributed by atoms with E-state index in [0.717, 1.165) is 12.3 Å². The molecule has 0 aliphatic rings. The van der Waals surface area contributed by atoms with Crippen LogP contribution in [0.25, 0.3) is 0 Å². The molecule has 0 amide bonds. The maximum atomic E-state index is 12.1. The molecule has 0 aromatic heterocycles. The van der Waals surface area contributed by atoms with Gasteiger partial charge in [0.25, 0.3) is 0 Å². The van der Waals surface area contributed by atoms with E-state index in [0.29, 0.717) is 11.7 Å². The molecule has 0 heterocycles. The highest BCUT2D eigenvalue weighted by molar-refractivity contribution is 7.85. The lowest BCUT2D eigenvalue weighted by atomic mass is 10.1. The first-order valence-electron chi connectivity index (χ1n) is 6.67. The molecule has 0 bridgehead atoms. The fourth-order valence-electron chi connectivity index (χ4n) is 1.94. The monoisotopic (exact) mass is 267 g/mol. The van der Waals surface area contributed by atoms with E-state index in [1.54, 1.807) is 0 Å². The summed E-state index contributed by atoms with van der Waals surface area (Å²) >= 11 is 0. The zero-order chi connectivity index (χ0) is 13.5. The van der Waals surface area contributed by atoms with Crippen molar-refractivity contribution >= 4 is 10.8 Å². The summed E-state index contributed by atoms with van der Waals surface area (Å²) in [7, 11) is -0.750. The fourth-order valence-corrected chi connectivity index (χ4v) is 3.51. The Morgan fingerprint density at radius 1 is 1.17 bits per heavy atom. The number of nitrogens with one attached hydrogen (secondary N) is 1. The van der Waals surface area contributed by atoms with Crippen LogP contribution in [0, 0.1) is 12.8 Å². The lowest BCUT2D eigenvalue weighted by Crippen LogP contribution is -2.27. The molecule has 1 aromatic carbocycles. The fraction of sp³-hybridized carbons (Fsp3) is 0.600. The van der Waals surface area contributed by atoms with Gasteiger partial charge in [0.2, 0.25) is 0 Å². The van der Waals surface area contributed by atoms with Crippen LogP contribution in [0.15, 0.2) is 24.3 Å². The molecule has 0 aliphatic carbocycles. The van der Waals surface area contributed by atoms with E-state index in [9.17, 15) is 4.21 Å². The number of hydrogen-bond donors (Lipinski definition) is 1. The summed E-state index contributed by atoms with van der Waals surface area (Å²) in [6.07, 6.45) is 0. The smallest absolute Gasteiger partial charge is 0.0436 e. The zero-order valence-electron chi connectivity index (χ0n) is 11.9. The molecule has 1 rings (SSSR count). The lowest BCUT2D eigenvalue weighted by molar-refractivity contribution is 0.591. The first-order valence-corrected chi connectivity index (χ1v) is 8.16. The minimum Gasteiger partial charge on any atom is -0.309 e. The van der Waals surface area contributed by atoms with Gasteiger partial charge in [-0.3, -0.25) is 4.21 Å². The van der Waals surface area contributed by atoms with Crippen molar-refractivity contribution in [1.82, 2.24) is 5.32 Å². The first kappa shape index (κ1) is 15.4. The third-order valence-electron chi connectivity index (χ3n) is 2.80. The quantitative estimate of drug-likeness (QED) is 0.822. The van der Waals surface area contributed by atoms with Gasteiger partial charge in [-0.25, -0.2) is 0 Å². The van der Waals surface area contributed by atoms with Gasteiger partial charge < -0.3 is 5.32 Å². The summed E-state index contributed by atoms with van der Waals surface area (Å²) in [6, 6.07) is 8.70. The summed E-state index contributed by atoms with van der Waals surface area (Å²) in [5, 5.41) is 3.43. The standard InChI is InChI=1S/C15H25NOS/c1-5-16-15(11-18(17)10-12(2)3)14-8-6-13(4)7-9-14/h6-9,12,15-16H,5,10-11H2,1-4H3. The Morgan fingerprint density at radius 3 is 2.28 bits per heavy atom. The number of hydrogen-bond acceptors (Lipinski definition) is 2. The highest BCUT2D eigenvalue weighted by atomic mass is 32.2. The average Bonchev–Trinajstić information content (AvgIpc) is 2.28. The van der Waals surface area contributed by atoms with Gasteiger partial charge >= 0.3 is 0 Å². The molecule has 102 valence electrons. The summed E-state index contributed by atoms with van der Waals surface area (Å²) in [6.45, 7) is 9.31. The molecular formula is C15H25NOS. The van der Waals surface area contributed by atoms with Crippen molar-refractivity contribution in [2.45, 2.75) is 33.7 Å². The van der Waals surface area contributed by atoms with Gasteiger partial charge in [0, 0.05) is 28.3 Å². The number of rotatable bonds is 7. The van der Waals surface area contributed by atoms with E-state index in [1.165, 1.54) is 11.1 Å². The zero-order valence-corrected chi connectivity index (χ0v) is 12.7. The van der Waals surface area contributed by atoms with Crippen molar-refractivity contribution in [3.05, 3.63) is 35.4 Å². The Bertz CT molecular complexity index is 373. The van der Waals surface area contributed by atoms with Gasteiger partial charge in [-0.2, -0.15) is 0 Å². The van der Waals surface area contributed by atoms with Gasteiger partial charge in [0.05, 0.1) is 0 Å². The summed E-state index contributed by atoms with van der Waals surface area (Å²) < 4.78 is 12.1. The second kappa shape index (κ2) is 7.70. The lowest BCUT2D eigenvalue weighted by Gasteiger charge is -2.18. The van der Waals surface area contributed by atoms with Gasteiger partial charge in [0.15, 0.2) is 0 Å². The van der Waals surface area contributed by atoms with E-state index in [1.807, 2.05) is 0 Å². The van der Waals surface area contributed by atoms with Crippen LogP contribution in [0.1, 0.15) is 37.9 Å². The van der Waals surface area contributed by atoms with Crippen molar-refractivity contribution in [2.75, 3.05) is 18.1 Å². The van der Waals surface area contributed by atoms with Crippen molar-refractivity contribution in [3.8, 4) is 0 Å². The van der Waals surface area contributed by atoms with Crippen LogP contribution >= 0.6 is 0 Å². The highest BCUT2D eigenvalue weighted by Crippen LogP contribution is 2.16. The van der Waals surface area contributed by atoms with E-state index in [2.05, 4.69) is 57.3 Å². The third kappa shape index (κ3) is 5.32. The van der Waals surface area contributed by atoms with Gasteiger partial charge in [-0.1, -0.05) is 50.6 Å². The Balaban J connectivity index is 2.70. The molecule has 0 saturated carbocycles. The minimum absolute atomic E-state index is 0.204. The van der Waals surface area contributed by atoms with Crippen LogP contribution in [-0.4, -0.2) is 22.3 Å². The van der Waals surface area contributed by atoms with E-state index < -0.39 is 10.8 Å². The molecule has 1 aromatic rings. The second-order valence-electron chi connectivity index (χ2n) is 5.19. The average molecular weight is 267 g/mol. The molecule has 0 saturated heterocycles. The van der Waals surface area contributed by atoms with Crippen molar-refractivity contribution < 1.29 is 4.21 Å². The van der Waals surface area contributed by atoms with Crippen LogP contribution in [-0.2, 0) is 10.8 Å². The molecule has 2 atom stereocenters. The molecule has 3 heteroatoms. The topological polar surface area (TPSA) is 29.1 Å². The number of aryl methyl sites for hydroxylation is 1. The van der Waals surface area contributed by atoms with Crippen molar-refractivity contribution in [2.24, 2.45) is 5.92 Å². The molecule has 0 radical (unpaired) electrons. The highest BCUT2D eigenvalue weighted by Gasteiger charge is 2.14. The normalized spacial score (nSPS) is 14.7. The van der Waals surface area contributed by atoms with Crippen LogP contribution in [0.4, 0.5) is 0 Å². The molecular weight excluding hydrogens is 242 g/mol. The summed E-state index contributed by atoms with van der Waals surface area (Å²) in [4.78, 5) is 0. The Kier molecular flexibility index (Phi) is 6.58. The molecule has 1 N–H and O–H groups in total. The second-order valence-corrected chi connectivity index (χ2v) is 6.73. The summed E-state index contributed by atoms with van der Waals surface area (Å²) in [5.41, 5.74) is 2.50. The van der Waals surface area contributed by atoms with Crippen LogP contribution in [0.2, 0.25) is 0 Å². The van der Waals surface area contributed by atoms with Crippen LogP contribution in [0.3, 0.4) is 0 Å². The minimum atomic E-state index is -0.750. The Morgan fingerprint density at radius 2 is 1.78 bits per heavy atom. The van der Waals surface area contributed by atoms with Crippen LogP contribution < -0.4 is 5.32 Å². The van der Waals surface area contributed by atoms with E-state index in [4.69, 9.17) is 0 Å². The van der Waals surface area contributed by atoms with Gasteiger partial charge in [0.1, 0.15) is 0 Å². The molecule has 18 heavy (non-hydrogen) atoms. The maximum absolute atomic E-state index is 12.1. The van der Waals surface area contributed by atoms with Gasteiger partial charge in [-0.15, -0.1) is 0 Å². The molecule has 2 nitrogen and oxygen atoms in total. The van der Waals surface area contributed by atoms with Crippen molar-refractivity contribution in [1.29, 1.82) is 0 Å². The Labute approximate surface area is 114 Å². The Hall–Kier alpha value is -0.670. The van der Waals surface area contributed by atoms with Crippen molar-refractivity contribution in [3.63, 3.8) is 0 Å². The molecule has 0 aliphatic heterocycles. The van der Waals surface area contributed by atoms with E-state index >= 15 is 0 Å². The molecule has 0 spiro atoms. The van der Waals surface area contributed by atoms with Crippen LogP contribution in [0.5, 0.6) is 0 Å². The predicted molar refractivity (Wildman–Crippen MR) is 80.3 cm³/mol. The SMILES string of the molecule is CCNC(CS(=O)CC(C)C)c1ccc(C)cc1. The first-order chi connectivity index (χ1) is 8.52. The number of benzene rings is 1. The van der Waals surface area contributed by atoms with E-state index in [-0.39, 0.29) is 6.04 Å². The van der Waals surface area contributed by atoms with Gasteiger partial charge in [-0.05, 0) is 24.9 Å². The molecule has 2 unspecified atom stereocenters. The summed E-state index contributed by atoms with van der Waals surface area (Å²) in [5.74, 6) is 1.98. The maximum Gasteiger partial charge on any atom is 0.0436 e.